The molecule has 0 amide bonds. The number of hydrogen-bond acceptors (Lipinski definition) is 7. The zero-order valence-electron chi connectivity index (χ0n) is 18.2. The van der Waals surface area contributed by atoms with Crippen LogP contribution in [-0.2, 0) is 17.3 Å². The zero-order chi connectivity index (χ0) is 22.8. The number of rotatable bonds is 4. The van der Waals surface area contributed by atoms with Gasteiger partial charge < -0.3 is 14.5 Å². The second kappa shape index (κ2) is 7.28. The normalized spacial score (nSPS) is 20.5. The first-order chi connectivity index (χ1) is 15.9. The molecule has 6 heterocycles. The molecule has 3 aromatic rings. The van der Waals surface area contributed by atoms with E-state index in [-0.39, 0.29) is 11.5 Å². The third-order valence-corrected chi connectivity index (χ3v) is 6.98. The Morgan fingerprint density at radius 1 is 1.15 bits per heavy atom. The second-order valence-corrected chi connectivity index (χ2v) is 9.26. The van der Waals surface area contributed by atoms with E-state index in [0.717, 1.165) is 67.8 Å². The molecule has 3 aliphatic heterocycles. The Balaban J connectivity index is 1.19. The minimum absolute atomic E-state index is 0.0505. The van der Waals surface area contributed by atoms with E-state index >= 15 is 0 Å². The van der Waals surface area contributed by atoms with Crippen molar-refractivity contribution in [1.29, 1.82) is 0 Å². The molecular weight excluding hydrogens is 435 g/mol. The van der Waals surface area contributed by atoms with Crippen LogP contribution in [0.5, 0.6) is 0 Å². The Morgan fingerprint density at radius 3 is 2.64 bits per heavy atom. The molecular formula is C22H24F3N7O. The number of fused-ring (bicyclic) bond motifs is 1. The average Bonchev–Trinajstić information content (AvgIpc) is 3.33. The van der Waals surface area contributed by atoms with Crippen LogP contribution in [0.4, 0.5) is 24.7 Å². The molecule has 6 rings (SSSR count). The first-order valence-corrected chi connectivity index (χ1v) is 11.2. The summed E-state index contributed by atoms with van der Waals surface area (Å²) in [6.45, 7) is 6.43. The number of aryl methyl sites for hydroxylation is 1. The quantitative estimate of drug-likeness (QED) is 0.594. The van der Waals surface area contributed by atoms with Crippen LogP contribution in [0.3, 0.4) is 0 Å². The van der Waals surface area contributed by atoms with Crippen molar-refractivity contribution in [1.82, 2.24) is 24.7 Å². The van der Waals surface area contributed by atoms with Crippen molar-refractivity contribution >= 4 is 22.7 Å². The number of anilines is 2. The van der Waals surface area contributed by atoms with Gasteiger partial charge in [0, 0.05) is 43.5 Å². The van der Waals surface area contributed by atoms with Gasteiger partial charge in [-0.25, -0.2) is 14.6 Å². The molecule has 0 aliphatic carbocycles. The second-order valence-electron chi connectivity index (χ2n) is 9.26. The molecule has 3 aliphatic rings. The summed E-state index contributed by atoms with van der Waals surface area (Å²) in [5, 5.41) is 4.72. The number of ether oxygens (including phenoxy) is 1. The molecule has 174 valence electrons. The lowest BCUT2D eigenvalue weighted by Gasteiger charge is -2.49. The Bertz CT molecular complexity index is 1200. The van der Waals surface area contributed by atoms with Gasteiger partial charge in [-0.2, -0.15) is 18.3 Å². The van der Waals surface area contributed by atoms with Crippen LogP contribution in [0.25, 0.3) is 11.2 Å². The van der Waals surface area contributed by atoms with E-state index in [9.17, 15) is 13.2 Å². The van der Waals surface area contributed by atoms with Crippen LogP contribution < -0.4 is 9.80 Å². The lowest BCUT2D eigenvalue weighted by atomic mass is 9.79. The highest BCUT2D eigenvalue weighted by Gasteiger charge is 2.48. The van der Waals surface area contributed by atoms with Gasteiger partial charge in [0.25, 0.3) is 0 Å². The van der Waals surface area contributed by atoms with Crippen LogP contribution >= 0.6 is 0 Å². The molecule has 3 saturated heterocycles. The molecule has 8 nitrogen and oxygen atoms in total. The molecule has 3 fully saturated rings. The molecule has 0 bridgehead atoms. The number of alkyl halides is 3. The van der Waals surface area contributed by atoms with E-state index in [0.29, 0.717) is 18.9 Å². The third kappa shape index (κ3) is 3.40. The van der Waals surface area contributed by atoms with Crippen molar-refractivity contribution in [3.8, 4) is 0 Å². The van der Waals surface area contributed by atoms with Gasteiger partial charge in [0.1, 0.15) is 23.1 Å². The van der Waals surface area contributed by atoms with Gasteiger partial charge >= 0.3 is 6.18 Å². The summed E-state index contributed by atoms with van der Waals surface area (Å²) in [5.41, 5.74) is 2.35. The van der Waals surface area contributed by atoms with Gasteiger partial charge in [-0.15, -0.1) is 0 Å². The highest BCUT2D eigenvalue weighted by atomic mass is 19.4. The van der Waals surface area contributed by atoms with Gasteiger partial charge in [-0.1, -0.05) is 6.92 Å². The van der Waals surface area contributed by atoms with Crippen LogP contribution in [0, 0.1) is 5.41 Å². The molecule has 0 N–H and O–H groups in total. The average molecular weight is 459 g/mol. The SMILES string of the molecule is CCc1nn(C2COC2)c2nc(N3CCC4(CN(c5ccnc(C(F)(F)F)c5)C4)C3)cnc12. The van der Waals surface area contributed by atoms with Gasteiger partial charge in [0.15, 0.2) is 5.65 Å². The Labute approximate surface area is 188 Å². The lowest BCUT2D eigenvalue weighted by molar-refractivity contribution is -0.141. The summed E-state index contributed by atoms with van der Waals surface area (Å²) >= 11 is 0. The monoisotopic (exact) mass is 459 g/mol. The van der Waals surface area contributed by atoms with Crippen LogP contribution in [0.2, 0.25) is 0 Å². The smallest absolute Gasteiger partial charge is 0.377 e. The highest BCUT2D eigenvalue weighted by molar-refractivity contribution is 5.75. The molecule has 3 aromatic heterocycles. The summed E-state index contributed by atoms with van der Waals surface area (Å²) in [4.78, 5) is 17.3. The predicted molar refractivity (Wildman–Crippen MR) is 115 cm³/mol. The number of hydrogen-bond donors (Lipinski definition) is 0. The standard InChI is InChI=1S/C22H24F3N7O/c1-2-16-19-20(32(29-16)15-9-33-10-15)28-18(8-27-19)30-6-4-21(11-30)12-31(13-21)14-3-5-26-17(7-14)22(23,24)25/h3,5,7-8,15H,2,4,6,9-13H2,1H3. The van der Waals surface area contributed by atoms with E-state index in [2.05, 4.69) is 16.8 Å². The van der Waals surface area contributed by atoms with Crippen LogP contribution in [0.1, 0.15) is 30.8 Å². The number of pyridine rings is 1. The Hall–Kier alpha value is -2.95. The van der Waals surface area contributed by atoms with E-state index in [1.165, 1.54) is 6.20 Å². The number of nitrogens with zero attached hydrogens (tertiary/aromatic N) is 7. The molecule has 11 heteroatoms. The van der Waals surface area contributed by atoms with Crippen molar-refractivity contribution in [2.45, 2.75) is 32.0 Å². The minimum Gasteiger partial charge on any atom is -0.377 e. The summed E-state index contributed by atoms with van der Waals surface area (Å²) < 4.78 is 46.3. The molecule has 0 radical (unpaired) electrons. The Morgan fingerprint density at radius 2 is 1.94 bits per heavy atom. The molecule has 1 spiro atoms. The van der Waals surface area contributed by atoms with E-state index in [1.807, 2.05) is 15.8 Å². The maximum Gasteiger partial charge on any atom is 0.433 e. The van der Waals surface area contributed by atoms with Gasteiger partial charge in [-0.05, 0) is 25.0 Å². The van der Waals surface area contributed by atoms with Gasteiger partial charge in [-0.3, -0.25) is 4.98 Å². The summed E-state index contributed by atoms with van der Waals surface area (Å²) in [6.07, 6.45) is 0.374. The summed E-state index contributed by atoms with van der Waals surface area (Å²) in [7, 11) is 0. The summed E-state index contributed by atoms with van der Waals surface area (Å²) in [5.74, 6) is 0.824. The zero-order valence-corrected chi connectivity index (χ0v) is 18.2. The lowest BCUT2D eigenvalue weighted by Crippen LogP contribution is -2.57. The highest BCUT2D eigenvalue weighted by Crippen LogP contribution is 2.43. The van der Waals surface area contributed by atoms with Gasteiger partial charge in [0.2, 0.25) is 0 Å². The van der Waals surface area contributed by atoms with Crippen molar-refractivity contribution in [3.63, 3.8) is 0 Å². The van der Waals surface area contributed by atoms with Crippen molar-refractivity contribution in [2.24, 2.45) is 5.41 Å². The largest absolute Gasteiger partial charge is 0.433 e. The molecule has 33 heavy (non-hydrogen) atoms. The topological polar surface area (TPSA) is 72.2 Å². The number of halogens is 3. The minimum atomic E-state index is -4.43. The first-order valence-electron chi connectivity index (χ1n) is 11.2. The molecule has 0 atom stereocenters. The van der Waals surface area contributed by atoms with Crippen LogP contribution in [0.15, 0.2) is 24.5 Å². The predicted octanol–water partition coefficient (Wildman–Crippen LogP) is 3.09. The van der Waals surface area contributed by atoms with Gasteiger partial charge in [0.05, 0.1) is 25.1 Å². The molecule has 0 aromatic carbocycles. The maximum atomic E-state index is 13.0. The fourth-order valence-electron chi connectivity index (χ4n) is 5.07. The fraction of sp³-hybridized carbons (Fsp3) is 0.545. The molecule has 0 unspecified atom stereocenters. The Kier molecular flexibility index (Phi) is 4.55. The van der Waals surface area contributed by atoms with Crippen LogP contribution in [-0.4, -0.2) is 64.1 Å². The third-order valence-electron chi connectivity index (χ3n) is 6.98. The van der Waals surface area contributed by atoms with E-state index in [4.69, 9.17) is 19.8 Å². The number of aromatic nitrogens is 5. The maximum absolute atomic E-state index is 13.0. The fourth-order valence-corrected chi connectivity index (χ4v) is 5.07. The molecule has 0 saturated carbocycles. The van der Waals surface area contributed by atoms with Crippen molar-refractivity contribution in [2.75, 3.05) is 49.2 Å². The van der Waals surface area contributed by atoms with Crippen molar-refractivity contribution in [3.05, 3.63) is 35.9 Å². The van der Waals surface area contributed by atoms with E-state index in [1.54, 1.807) is 6.07 Å². The summed E-state index contributed by atoms with van der Waals surface area (Å²) in [6, 6.07) is 2.98. The van der Waals surface area contributed by atoms with E-state index < -0.39 is 11.9 Å². The first kappa shape index (κ1) is 20.6. The van der Waals surface area contributed by atoms with Crippen molar-refractivity contribution < 1.29 is 17.9 Å².